The Hall–Kier alpha value is -0.0800. The smallest absolute Gasteiger partial charge is 0.0829 e. The fourth-order valence-electron chi connectivity index (χ4n) is 3.45. The standard InChI is InChI=1S/C19H41NO/c1-7-13-14-17(9-3)16-18(20-15-8-2)19(10-4,11-5)21-12-6/h17-18,20H,7-16H2,1-6H3. The first kappa shape index (κ1) is 20.9. The number of rotatable bonds is 14. The summed E-state index contributed by atoms with van der Waals surface area (Å²) in [6.45, 7) is 15.5. The second kappa shape index (κ2) is 12.5. The third-order valence-corrected chi connectivity index (χ3v) is 5.02. The van der Waals surface area contributed by atoms with Gasteiger partial charge in [0, 0.05) is 12.6 Å². The Morgan fingerprint density at radius 3 is 2.05 bits per heavy atom. The van der Waals surface area contributed by atoms with Gasteiger partial charge in [-0.1, -0.05) is 60.3 Å². The maximum absolute atomic E-state index is 6.27. The van der Waals surface area contributed by atoms with Crippen LogP contribution in [0.4, 0.5) is 0 Å². The summed E-state index contributed by atoms with van der Waals surface area (Å²) in [7, 11) is 0. The van der Waals surface area contributed by atoms with Gasteiger partial charge in [0.15, 0.2) is 0 Å². The van der Waals surface area contributed by atoms with Crippen LogP contribution in [-0.2, 0) is 4.74 Å². The maximum atomic E-state index is 6.27. The number of ether oxygens (including phenoxy) is 1. The Labute approximate surface area is 134 Å². The fourth-order valence-corrected chi connectivity index (χ4v) is 3.45. The summed E-state index contributed by atoms with van der Waals surface area (Å²) in [6, 6.07) is 0.495. The van der Waals surface area contributed by atoms with E-state index in [0.29, 0.717) is 6.04 Å². The first-order chi connectivity index (χ1) is 10.1. The largest absolute Gasteiger partial charge is 0.374 e. The van der Waals surface area contributed by atoms with Gasteiger partial charge in [-0.05, 0) is 45.1 Å². The molecule has 2 nitrogen and oxygen atoms in total. The fraction of sp³-hybridized carbons (Fsp3) is 1.00. The zero-order chi connectivity index (χ0) is 16.1. The van der Waals surface area contributed by atoms with Gasteiger partial charge in [0.05, 0.1) is 5.60 Å². The van der Waals surface area contributed by atoms with Crippen LogP contribution in [0.15, 0.2) is 0 Å². The topological polar surface area (TPSA) is 21.3 Å². The molecule has 128 valence electrons. The summed E-state index contributed by atoms with van der Waals surface area (Å²) in [5.41, 5.74) is 0.0174. The van der Waals surface area contributed by atoms with Crippen LogP contribution in [-0.4, -0.2) is 24.8 Å². The predicted octanol–water partition coefficient (Wildman–Crippen LogP) is 5.56. The summed E-state index contributed by atoms with van der Waals surface area (Å²) >= 11 is 0. The highest BCUT2D eigenvalue weighted by molar-refractivity contribution is 4.92. The van der Waals surface area contributed by atoms with Gasteiger partial charge in [0.25, 0.3) is 0 Å². The van der Waals surface area contributed by atoms with E-state index in [1.54, 1.807) is 0 Å². The second-order valence-electron chi connectivity index (χ2n) is 6.36. The molecule has 0 aliphatic heterocycles. The lowest BCUT2D eigenvalue weighted by Gasteiger charge is -2.41. The first-order valence-corrected chi connectivity index (χ1v) is 9.51. The molecule has 1 N–H and O–H groups in total. The lowest BCUT2D eigenvalue weighted by molar-refractivity contribution is -0.0771. The number of unbranched alkanes of at least 4 members (excludes halogenated alkanes) is 1. The molecule has 0 fully saturated rings. The van der Waals surface area contributed by atoms with E-state index in [1.807, 2.05) is 0 Å². The molecule has 0 saturated carbocycles. The Morgan fingerprint density at radius 1 is 0.952 bits per heavy atom. The zero-order valence-corrected chi connectivity index (χ0v) is 15.6. The van der Waals surface area contributed by atoms with Crippen LogP contribution in [0.5, 0.6) is 0 Å². The molecular formula is C19H41NO. The van der Waals surface area contributed by atoms with Crippen molar-refractivity contribution in [2.24, 2.45) is 5.92 Å². The van der Waals surface area contributed by atoms with Gasteiger partial charge in [0.2, 0.25) is 0 Å². The molecule has 2 heteroatoms. The van der Waals surface area contributed by atoms with Gasteiger partial charge in [-0.15, -0.1) is 0 Å². The van der Waals surface area contributed by atoms with Gasteiger partial charge in [0.1, 0.15) is 0 Å². The van der Waals surface area contributed by atoms with Crippen molar-refractivity contribution in [3.63, 3.8) is 0 Å². The van der Waals surface area contributed by atoms with Crippen molar-refractivity contribution >= 4 is 0 Å². The molecule has 0 aromatic rings. The van der Waals surface area contributed by atoms with Crippen molar-refractivity contribution in [3.8, 4) is 0 Å². The molecule has 0 rings (SSSR count). The molecule has 0 aromatic carbocycles. The number of nitrogens with one attached hydrogen (secondary N) is 1. The van der Waals surface area contributed by atoms with E-state index in [4.69, 9.17) is 4.74 Å². The van der Waals surface area contributed by atoms with E-state index in [1.165, 1.54) is 38.5 Å². The highest BCUT2D eigenvalue weighted by atomic mass is 16.5. The number of hydrogen-bond donors (Lipinski definition) is 1. The quantitative estimate of drug-likeness (QED) is 0.453. The minimum atomic E-state index is 0.0174. The van der Waals surface area contributed by atoms with Gasteiger partial charge >= 0.3 is 0 Å². The normalized spacial score (nSPS) is 15.1. The van der Waals surface area contributed by atoms with Crippen molar-refractivity contribution in [1.82, 2.24) is 5.32 Å². The molecule has 0 amide bonds. The average molecular weight is 300 g/mol. The van der Waals surface area contributed by atoms with E-state index < -0.39 is 0 Å². The summed E-state index contributed by atoms with van der Waals surface area (Å²) < 4.78 is 6.27. The van der Waals surface area contributed by atoms with Crippen molar-refractivity contribution < 1.29 is 4.74 Å². The maximum Gasteiger partial charge on any atom is 0.0829 e. The molecule has 0 saturated heterocycles. The van der Waals surface area contributed by atoms with Crippen LogP contribution in [0.3, 0.4) is 0 Å². The Bertz CT molecular complexity index is 226. The Kier molecular flexibility index (Phi) is 12.4. The lowest BCUT2D eigenvalue weighted by atomic mass is 9.80. The molecule has 2 unspecified atom stereocenters. The van der Waals surface area contributed by atoms with Crippen LogP contribution >= 0.6 is 0 Å². The van der Waals surface area contributed by atoms with Gasteiger partial charge in [-0.2, -0.15) is 0 Å². The summed E-state index contributed by atoms with van der Waals surface area (Å²) in [6.07, 6.45) is 9.98. The minimum Gasteiger partial charge on any atom is -0.374 e. The molecule has 0 aromatic heterocycles. The van der Waals surface area contributed by atoms with Crippen LogP contribution in [0.25, 0.3) is 0 Å². The van der Waals surface area contributed by atoms with Crippen molar-refractivity contribution in [2.45, 2.75) is 105 Å². The molecule has 0 aliphatic carbocycles. The van der Waals surface area contributed by atoms with E-state index >= 15 is 0 Å². The Balaban J connectivity index is 4.94. The van der Waals surface area contributed by atoms with Crippen molar-refractivity contribution in [2.75, 3.05) is 13.2 Å². The molecule has 0 radical (unpaired) electrons. The summed E-state index contributed by atoms with van der Waals surface area (Å²) in [4.78, 5) is 0. The van der Waals surface area contributed by atoms with Crippen LogP contribution < -0.4 is 5.32 Å². The summed E-state index contributed by atoms with van der Waals surface area (Å²) in [5.74, 6) is 0.831. The monoisotopic (exact) mass is 299 g/mol. The summed E-state index contributed by atoms with van der Waals surface area (Å²) in [5, 5.41) is 3.81. The zero-order valence-electron chi connectivity index (χ0n) is 15.6. The van der Waals surface area contributed by atoms with Gasteiger partial charge in [-0.25, -0.2) is 0 Å². The Morgan fingerprint density at radius 2 is 1.62 bits per heavy atom. The van der Waals surface area contributed by atoms with Crippen molar-refractivity contribution in [3.05, 3.63) is 0 Å². The second-order valence-corrected chi connectivity index (χ2v) is 6.36. The molecule has 0 bridgehead atoms. The van der Waals surface area contributed by atoms with Gasteiger partial charge in [-0.3, -0.25) is 0 Å². The highest BCUT2D eigenvalue weighted by Gasteiger charge is 2.36. The first-order valence-electron chi connectivity index (χ1n) is 9.51. The highest BCUT2D eigenvalue weighted by Crippen LogP contribution is 2.31. The van der Waals surface area contributed by atoms with E-state index in [9.17, 15) is 0 Å². The van der Waals surface area contributed by atoms with E-state index in [-0.39, 0.29) is 5.60 Å². The molecule has 21 heavy (non-hydrogen) atoms. The minimum absolute atomic E-state index is 0.0174. The number of hydrogen-bond acceptors (Lipinski definition) is 2. The van der Waals surface area contributed by atoms with Gasteiger partial charge < -0.3 is 10.1 Å². The molecule has 0 heterocycles. The van der Waals surface area contributed by atoms with E-state index in [0.717, 1.165) is 31.9 Å². The van der Waals surface area contributed by atoms with Crippen LogP contribution in [0.2, 0.25) is 0 Å². The molecule has 0 aliphatic rings. The van der Waals surface area contributed by atoms with E-state index in [2.05, 4.69) is 46.9 Å². The SMILES string of the molecule is CCCCC(CC)CC(NCCC)C(CC)(CC)OCC. The van der Waals surface area contributed by atoms with Crippen molar-refractivity contribution in [1.29, 1.82) is 0 Å². The predicted molar refractivity (Wildman–Crippen MR) is 94.9 cm³/mol. The third kappa shape index (κ3) is 7.15. The molecule has 2 atom stereocenters. The third-order valence-electron chi connectivity index (χ3n) is 5.02. The molecular weight excluding hydrogens is 258 g/mol. The average Bonchev–Trinajstić information content (AvgIpc) is 2.52. The van der Waals surface area contributed by atoms with Crippen LogP contribution in [0.1, 0.15) is 92.9 Å². The molecule has 0 spiro atoms. The van der Waals surface area contributed by atoms with Crippen LogP contribution in [0, 0.1) is 5.92 Å². The lowest BCUT2D eigenvalue weighted by Crippen LogP contribution is -2.53.